The molecule has 3 aromatic rings. The molecule has 144 valence electrons. The number of hydrogen-bond donors (Lipinski definition) is 2. The number of nitrogens with one attached hydrogen (secondary N) is 1. The zero-order valence-electron chi connectivity index (χ0n) is 15.4. The van der Waals surface area contributed by atoms with Gasteiger partial charge in [0, 0.05) is 25.3 Å². The van der Waals surface area contributed by atoms with E-state index in [1.165, 1.54) is 0 Å². The number of aryl methyl sites for hydroxylation is 2. The van der Waals surface area contributed by atoms with E-state index in [-0.39, 0.29) is 12.3 Å². The van der Waals surface area contributed by atoms with Crippen molar-refractivity contribution < 1.29 is 18.3 Å². The largest absolute Gasteiger partial charge is 0.497 e. The van der Waals surface area contributed by atoms with Gasteiger partial charge in [0.1, 0.15) is 5.75 Å². The standard InChI is InChI=1S/C20H24N2O4S/c1-22-11-9-16-13-17(5-8-19(16)22)20(23)14-21-27(24,25)12-10-15-3-6-18(26-2)7-4-15/h3-9,11,13,20-21,23H,10,12,14H2,1-2H3/t20-/m0/s1. The highest BCUT2D eigenvalue weighted by Gasteiger charge is 2.15. The van der Waals surface area contributed by atoms with Gasteiger partial charge in [0.05, 0.1) is 19.0 Å². The van der Waals surface area contributed by atoms with Gasteiger partial charge < -0.3 is 14.4 Å². The molecule has 0 fully saturated rings. The van der Waals surface area contributed by atoms with Gasteiger partial charge in [0.15, 0.2) is 0 Å². The fourth-order valence-electron chi connectivity index (χ4n) is 2.95. The van der Waals surface area contributed by atoms with E-state index < -0.39 is 16.1 Å². The third-order valence-corrected chi connectivity index (χ3v) is 5.96. The van der Waals surface area contributed by atoms with Crippen LogP contribution in [-0.2, 0) is 23.5 Å². The monoisotopic (exact) mass is 388 g/mol. The molecular formula is C20H24N2O4S. The summed E-state index contributed by atoms with van der Waals surface area (Å²) in [5.74, 6) is 0.697. The summed E-state index contributed by atoms with van der Waals surface area (Å²) >= 11 is 0. The first-order valence-corrected chi connectivity index (χ1v) is 10.4. The Morgan fingerprint density at radius 2 is 1.89 bits per heavy atom. The van der Waals surface area contributed by atoms with Crippen molar-refractivity contribution in [1.82, 2.24) is 9.29 Å². The van der Waals surface area contributed by atoms with Gasteiger partial charge in [-0.15, -0.1) is 0 Å². The first-order valence-electron chi connectivity index (χ1n) is 8.71. The van der Waals surface area contributed by atoms with Crippen molar-refractivity contribution in [2.24, 2.45) is 7.05 Å². The fourth-order valence-corrected chi connectivity index (χ4v) is 4.01. The molecule has 0 saturated heterocycles. The molecule has 27 heavy (non-hydrogen) atoms. The summed E-state index contributed by atoms with van der Waals surface area (Å²) in [6.07, 6.45) is 1.44. The summed E-state index contributed by atoms with van der Waals surface area (Å²) < 4.78 is 34.0. The number of sulfonamides is 1. The number of fused-ring (bicyclic) bond motifs is 1. The number of aromatic nitrogens is 1. The van der Waals surface area contributed by atoms with E-state index in [1.54, 1.807) is 19.2 Å². The summed E-state index contributed by atoms with van der Waals surface area (Å²) in [6, 6.07) is 14.9. The first kappa shape index (κ1) is 19.4. The van der Waals surface area contributed by atoms with E-state index in [9.17, 15) is 13.5 Å². The zero-order valence-corrected chi connectivity index (χ0v) is 16.2. The molecule has 1 heterocycles. The number of aliphatic hydroxyl groups excluding tert-OH is 1. The van der Waals surface area contributed by atoms with Crippen molar-refractivity contribution in [1.29, 1.82) is 0 Å². The molecule has 0 aliphatic heterocycles. The number of ether oxygens (including phenoxy) is 1. The SMILES string of the molecule is COc1ccc(CCS(=O)(=O)NC[C@H](O)c2ccc3c(ccn3C)c2)cc1. The molecule has 0 bridgehead atoms. The second-order valence-electron chi connectivity index (χ2n) is 6.53. The Morgan fingerprint density at radius 3 is 2.59 bits per heavy atom. The van der Waals surface area contributed by atoms with Crippen LogP contribution in [0.25, 0.3) is 10.9 Å². The number of rotatable bonds is 8. The second kappa shape index (κ2) is 8.12. The summed E-state index contributed by atoms with van der Waals surface area (Å²) in [5.41, 5.74) is 2.66. The molecular weight excluding hydrogens is 364 g/mol. The third-order valence-electron chi connectivity index (χ3n) is 4.61. The van der Waals surface area contributed by atoms with Gasteiger partial charge in [0.2, 0.25) is 10.0 Å². The highest BCUT2D eigenvalue weighted by atomic mass is 32.2. The quantitative estimate of drug-likeness (QED) is 0.621. The van der Waals surface area contributed by atoms with E-state index in [2.05, 4.69) is 4.72 Å². The minimum absolute atomic E-state index is 0.0379. The van der Waals surface area contributed by atoms with Crippen LogP contribution < -0.4 is 9.46 Å². The maximum atomic E-state index is 12.2. The Bertz CT molecular complexity index is 1010. The highest BCUT2D eigenvalue weighted by Crippen LogP contribution is 2.21. The molecule has 1 atom stereocenters. The summed E-state index contributed by atoms with van der Waals surface area (Å²) in [6.45, 7) is -0.0523. The molecule has 7 heteroatoms. The number of hydrogen-bond acceptors (Lipinski definition) is 4. The van der Waals surface area contributed by atoms with Crippen LogP contribution in [0.5, 0.6) is 5.75 Å². The Balaban J connectivity index is 1.56. The Morgan fingerprint density at radius 1 is 1.15 bits per heavy atom. The van der Waals surface area contributed by atoms with Crippen LogP contribution in [-0.4, -0.2) is 37.5 Å². The van der Waals surface area contributed by atoms with Crippen LogP contribution in [0.3, 0.4) is 0 Å². The van der Waals surface area contributed by atoms with Gasteiger partial charge in [-0.3, -0.25) is 0 Å². The first-order chi connectivity index (χ1) is 12.9. The molecule has 6 nitrogen and oxygen atoms in total. The number of nitrogens with zero attached hydrogens (tertiary/aromatic N) is 1. The number of benzene rings is 2. The Labute approximate surface area is 159 Å². The molecule has 0 aliphatic carbocycles. The van der Waals surface area contributed by atoms with E-state index in [0.717, 1.165) is 22.2 Å². The van der Waals surface area contributed by atoms with Crippen molar-refractivity contribution in [2.75, 3.05) is 19.4 Å². The molecule has 0 aliphatic rings. The average molecular weight is 388 g/mol. The van der Waals surface area contributed by atoms with Crippen LogP contribution in [0.4, 0.5) is 0 Å². The smallest absolute Gasteiger partial charge is 0.212 e. The normalized spacial score (nSPS) is 13.0. The minimum Gasteiger partial charge on any atom is -0.497 e. The maximum Gasteiger partial charge on any atom is 0.212 e. The lowest BCUT2D eigenvalue weighted by Crippen LogP contribution is -2.31. The van der Waals surface area contributed by atoms with Crippen molar-refractivity contribution >= 4 is 20.9 Å². The van der Waals surface area contributed by atoms with Gasteiger partial charge in [-0.05, 0) is 53.3 Å². The predicted molar refractivity (Wildman–Crippen MR) is 106 cm³/mol. The molecule has 0 saturated carbocycles. The van der Waals surface area contributed by atoms with Crippen molar-refractivity contribution in [2.45, 2.75) is 12.5 Å². The third kappa shape index (κ3) is 4.88. The molecule has 2 N–H and O–H groups in total. The summed E-state index contributed by atoms with van der Waals surface area (Å²) in [4.78, 5) is 0. The molecule has 0 amide bonds. The topological polar surface area (TPSA) is 80.6 Å². The van der Waals surface area contributed by atoms with E-state index >= 15 is 0 Å². The minimum atomic E-state index is -3.48. The molecule has 2 aromatic carbocycles. The average Bonchev–Trinajstić information content (AvgIpc) is 3.05. The zero-order chi connectivity index (χ0) is 19.4. The van der Waals surface area contributed by atoms with Gasteiger partial charge in [0.25, 0.3) is 0 Å². The Kier molecular flexibility index (Phi) is 5.84. The van der Waals surface area contributed by atoms with Crippen molar-refractivity contribution in [3.8, 4) is 5.75 Å². The molecule has 0 spiro atoms. The van der Waals surface area contributed by atoms with E-state index in [4.69, 9.17) is 4.74 Å². The number of aliphatic hydroxyl groups is 1. The van der Waals surface area contributed by atoms with Crippen LogP contribution in [0, 0.1) is 0 Å². The van der Waals surface area contributed by atoms with Crippen LogP contribution in [0.2, 0.25) is 0 Å². The van der Waals surface area contributed by atoms with Gasteiger partial charge in [-0.1, -0.05) is 18.2 Å². The van der Waals surface area contributed by atoms with Crippen molar-refractivity contribution in [3.05, 3.63) is 65.9 Å². The molecule has 3 rings (SSSR count). The van der Waals surface area contributed by atoms with Gasteiger partial charge >= 0.3 is 0 Å². The summed E-state index contributed by atoms with van der Waals surface area (Å²) in [7, 11) is 0.0590. The lowest BCUT2D eigenvalue weighted by Gasteiger charge is -2.13. The Hall–Kier alpha value is -2.35. The fraction of sp³-hybridized carbons (Fsp3) is 0.300. The molecule has 0 radical (unpaired) electrons. The van der Waals surface area contributed by atoms with Gasteiger partial charge in [-0.2, -0.15) is 0 Å². The van der Waals surface area contributed by atoms with Crippen LogP contribution in [0.15, 0.2) is 54.7 Å². The summed E-state index contributed by atoms with van der Waals surface area (Å²) in [5, 5.41) is 11.4. The maximum absolute atomic E-state index is 12.2. The van der Waals surface area contributed by atoms with E-state index in [1.807, 2.05) is 54.2 Å². The lowest BCUT2D eigenvalue weighted by atomic mass is 10.1. The van der Waals surface area contributed by atoms with Crippen LogP contribution in [0.1, 0.15) is 17.2 Å². The molecule has 0 unspecified atom stereocenters. The second-order valence-corrected chi connectivity index (χ2v) is 8.45. The lowest BCUT2D eigenvalue weighted by molar-refractivity contribution is 0.182. The van der Waals surface area contributed by atoms with Crippen LogP contribution >= 0.6 is 0 Å². The molecule has 1 aromatic heterocycles. The highest BCUT2D eigenvalue weighted by molar-refractivity contribution is 7.89. The van der Waals surface area contributed by atoms with Gasteiger partial charge in [-0.25, -0.2) is 13.1 Å². The predicted octanol–water partition coefficient (Wildman–Crippen LogP) is 2.38. The van der Waals surface area contributed by atoms with Crippen molar-refractivity contribution in [3.63, 3.8) is 0 Å². The van der Waals surface area contributed by atoms with E-state index in [0.29, 0.717) is 12.0 Å². The number of methoxy groups -OCH3 is 1.